The predicted molar refractivity (Wildman–Crippen MR) is 79.0 cm³/mol. The minimum atomic E-state index is -0.475. The Labute approximate surface area is 123 Å². The average molecular weight is 302 g/mol. The molecule has 3 rings (SSSR count). The molecule has 0 N–H and O–H groups in total. The van der Waals surface area contributed by atoms with Crippen LogP contribution in [0.4, 0.5) is 11.4 Å². The van der Waals surface area contributed by atoms with E-state index in [1.165, 1.54) is 29.1 Å². The van der Waals surface area contributed by atoms with Crippen LogP contribution in [0.15, 0.2) is 53.5 Å². The number of non-ortho nitro benzene ring substituents is 1. The lowest BCUT2D eigenvalue weighted by molar-refractivity contribution is -0.384. The summed E-state index contributed by atoms with van der Waals surface area (Å²) in [6.45, 7) is 0. The van der Waals surface area contributed by atoms with E-state index < -0.39 is 4.92 Å². The summed E-state index contributed by atoms with van der Waals surface area (Å²) in [5.74, 6) is 0. The van der Waals surface area contributed by atoms with Crippen molar-refractivity contribution >= 4 is 39.3 Å². The zero-order valence-electron chi connectivity index (χ0n) is 10.5. The van der Waals surface area contributed by atoms with E-state index >= 15 is 0 Å². The summed E-state index contributed by atoms with van der Waals surface area (Å²) in [5, 5.41) is 19.0. The number of fused-ring (bicyclic) bond motifs is 1. The number of nitro benzene ring substituents is 1. The third-order valence-electron chi connectivity index (χ3n) is 2.73. The van der Waals surface area contributed by atoms with Gasteiger partial charge in [-0.25, -0.2) is 4.99 Å². The molecule has 21 heavy (non-hydrogen) atoms. The lowest BCUT2D eigenvalue weighted by Gasteiger charge is -1.96. The van der Waals surface area contributed by atoms with Gasteiger partial charge in [0.2, 0.25) is 5.29 Å². The highest BCUT2D eigenvalue weighted by Crippen LogP contribution is 2.19. The first-order valence-electron chi connectivity index (χ1n) is 5.94. The Morgan fingerprint density at radius 2 is 1.67 bits per heavy atom. The maximum absolute atomic E-state index is 10.6. The van der Waals surface area contributed by atoms with Gasteiger partial charge >= 0.3 is 0 Å². The fraction of sp³-hybridized carbons (Fsp3) is 0. The Bertz CT molecular complexity index is 808. The molecule has 0 radical (unpaired) electrons. The monoisotopic (exact) mass is 301 g/mol. The van der Waals surface area contributed by atoms with Gasteiger partial charge in [0.05, 0.1) is 10.6 Å². The third-order valence-corrected chi connectivity index (χ3v) is 2.97. The minimum Gasteiger partial charge on any atom is -0.258 e. The molecule has 0 spiro atoms. The third kappa shape index (κ3) is 2.72. The number of rotatable bonds is 2. The van der Waals surface area contributed by atoms with Crippen LogP contribution in [0.2, 0.25) is 0 Å². The molecule has 2 aromatic carbocycles. The molecule has 1 heterocycles. The zero-order chi connectivity index (χ0) is 14.8. The SMILES string of the molecule is O=[N+]([O-])c1ccc(N=C(Cl)n2nc3ccccc3n2)cc1. The molecule has 8 heteroatoms. The molecule has 3 aromatic rings. The maximum atomic E-state index is 10.6. The highest BCUT2D eigenvalue weighted by Gasteiger charge is 2.07. The second kappa shape index (κ2) is 5.29. The molecule has 1 aromatic heterocycles. The summed E-state index contributed by atoms with van der Waals surface area (Å²) in [5.41, 5.74) is 1.88. The summed E-state index contributed by atoms with van der Waals surface area (Å²) in [6, 6.07) is 13.1. The van der Waals surface area contributed by atoms with Crippen molar-refractivity contribution in [1.29, 1.82) is 0 Å². The number of halogens is 1. The average Bonchev–Trinajstić information content (AvgIpc) is 2.92. The molecule has 0 fully saturated rings. The molecule has 0 saturated carbocycles. The van der Waals surface area contributed by atoms with Gasteiger partial charge in [-0.3, -0.25) is 10.1 Å². The minimum absolute atomic E-state index is 0.00646. The fourth-order valence-corrected chi connectivity index (χ4v) is 1.92. The molecule has 0 aliphatic heterocycles. The van der Waals surface area contributed by atoms with E-state index in [2.05, 4.69) is 15.2 Å². The van der Waals surface area contributed by atoms with E-state index in [0.717, 1.165) is 0 Å². The molecular weight excluding hydrogens is 294 g/mol. The standard InChI is InChI=1S/C13H8ClN5O2/c14-13(15-9-5-7-10(8-6-9)19(20)21)18-16-11-3-1-2-4-12(11)17-18/h1-8H. The molecule has 0 aliphatic rings. The Morgan fingerprint density at radius 1 is 1.10 bits per heavy atom. The fourth-order valence-electron chi connectivity index (χ4n) is 1.74. The maximum Gasteiger partial charge on any atom is 0.269 e. The highest BCUT2D eigenvalue weighted by molar-refractivity contribution is 6.65. The summed E-state index contributed by atoms with van der Waals surface area (Å²) >= 11 is 6.07. The summed E-state index contributed by atoms with van der Waals surface area (Å²) in [4.78, 5) is 15.4. The first kappa shape index (κ1) is 13.2. The van der Waals surface area contributed by atoms with E-state index in [1.54, 1.807) is 0 Å². The van der Waals surface area contributed by atoms with Gasteiger partial charge in [0.25, 0.3) is 5.69 Å². The zero-order valence-corrected chi connectivity index (χ0v) is 11.3. The van der Waals surface area contributed by atoms with Crippen LogP contribution < -0.4 is 0 Å². The smallest absolute Gasteiger partial charge is 0.258 e. The van der Waals surface area contributed by atoms with Crippen LogP contribution in [0.3, 0.4) is 0 Å². The largest absolute Gasteiger partial charge is 0.269 e. The van der Waals surface area contributed by atoms with E-state index in [-0.39, 0.29) is 11.0 Å². The number of nitro groups is 1. The van der Waals surface area contributed by atoms with Crippen molar-refractivity contribution < 1.29 is 4.92 Å². The number of hydrogen-bond acceptors (Lipinski definition) is 5. The molecule has 0 bridgehead atoms. The predicted octanol–water partition coefficient (Wildman–Crippen LogP) is 3.11. The second-order valence-corrected chi connectivity index (χ2v) is 4.47. The van der Waals surface area contributed by atoms with Crippen LogP contribution in [0.1, 0.15) is 0 Å². The van der Waals surface area contributed by atoms with Crippen LogP contribution in [0.25, 0.3) is 11.0 Å². The Hall–Kier alpha value is -2.80. The highest BCUT2D eigenvalue weighted by atomic mass is 35.5. The Morgan fingerprint density at radius 3 is 2.19 bits per heavy atom. The van der Waals surface area contributed by atoms with Crippen molar-refractivity contribution in [3.05, 3.63) is 58.6 Å². The van der Waals surface area contributed by atoms with Crippen LogP contribution in [0.5, 0.6) is 0 Å². The van der Waals surface area contributed by atoms with Crippen LogP contribution in [-0.4, -0.2) is 25.2 Å². The molecule has 104 valence electrons. The van der Waals surface area contributed by atoms with Gasteiger partial charge < -0.3 is 0 Å². The quantitative estimate of drug-likeness (QED) is 0.315. The number of aromatic nitrogens is 3. The molecule has 0 saturated heterocycles. The first-order chi connectivity index (χ1) is 10.1. The Balaban J connectivity index is 1.92. The van der Waals surface area contributed by atoms with Crippen molar-refractivity contribution in [3.8, 4) is 0 Å². The van der Waals surface area contributed by atoms with Gasteiger partial charge in [0, 0.05) is 12.1 Å². The summed E-state index contributed by atoms with van der Waals surface area (Å²) < 4.78 is 0. The second-order valence-electron chi connectivity index (χ2n) is 4.13. The van der Waals surface area contributed by atoms with Crippen LogP contribution >= 0.6 is 11.6 Å². The number of hydrogen-bond donors (Lipinski definition) is 0. The van der Waals surface area contributed by atoms with Gasteiger partial charge in [0.1, 0.15) is 11.0 Å². The molecule has 0 amide bonds. The van der Waals surface area contributed by atoms with Crippen molar-refractivity contribution in [1.82, 2.24) is 15.0 Å². The molecular formula is C13H8ClN5O2. The number of nitrogens with zero attached hydrogens (tertiary/aromatic N) is 5. The normalized spacial score (nSPS) is 11.8. The first-order valence-corrected chi connectivity index (χ1v) is 6.32. The van der Waals surface area contributed by atoms with Gasteiger partial charge in [-0.1, -0.05) is 12.1 Å². The van der Waals surface area contributed by atoms with Crippen LogP contribution in [0, 0.1) is 10.1 Å². The lowest BCUT2D eigenvalue weighted by Crippen LogP contribution is -2.08. The van der Waals surface area contributed by atoms with Crippen molar-refractivity contribution in [2.75, 3.05) is 0 Å². The van der Waals surface area contributed by atoms with E-state index in [4.69, 9.17) is 11.6 Å². The summed E-state index contributed by atoms with van der Waals surface area (Å²) in [7, 11) is 0. The Kier molecular flexibility index (Phi) is 3.33. The van der Waals surface area contributed by atoms with Gasteiger partial charge in [0.15, 0.2) is 0 Å². The van der Waals surface area contributed by atoms with Crippen molar-refractivity contribution in [3.63, 3.8) is 0 Å². The van der Waals surface area contributed by atoms with E-state index in [9.17, 15) is 10.1 Å². The molecule has 0 aliphatic carbocycles. The molecule has 7 nitrogen and oxygen atoms in total. The van der Waals surface area contributed by atoms with E-state index in [1.807, 2.05) is 24.3 Å². The van der Waals surface area contributed by atoms with Crippen molar-refractivity contribution in [2.24, 2.45) is 4.99 Å². The topological polar surface area (TPSA) is 86.2 Å². The summed E-state index contributed by atoms with van der Waals surface area (Å²) in [6.07, 6.45) is 0. The molecule has 0 unspecified atom stereocenters. The van der Waals surface area contributed by atoms with Gasteiger partial charge in [-0.2, -0.15) is 0 Å². The molecule has 0 atom stereocenters. The number of aliphatic imine (C=N–C) groups is 1. The lowest BCUT2D eigenvalue weighted by atomic mass is 10.3. The van der Waals surface area contributed by atoms with E-state index in [0.29, 0.717) is 16.7 Å². The van der Waals surface area contributed by atoms with Gasteiger partial charge in [-0.05, 0) is 35.9 Å². The van der Waals surface area contributed by atoms with Crippen molar-refractivity contribution in [2.45, 2.75) is 0 Å². The van der Waals surface area contributed by atoms with Crippen LogP contribution in [-0.2, 0) is 0 Å². The van der Waals surface area contributed by atoms with Gasteiger partial charge in [-0.15, -0.1) is 15.0 Å². The number of benzene rings is 2.